The number of amides is 1. The number of morpholine rings is 1. The Morgan fingerprint density at radius 1 is 1.10 bits per heavy atom. The fraction of sp³-hybridized carbons (Fsp3) is 0.364. The maximum atomic E-state index is 12.7. The number of sulfonamides is 1. The summed E-state index contributed by atoms with van der Waals surface area (Å²) < 4.78 is 37.1. The summed E-state index contributed by atoms with van der Waals surface area (Å²) in [5.74, 6) is 0.544. The Hall–Kier alpha value is -2.75. The van der Waals surface area contributed by atoms with Crippen molar-refractivity contribution in [3.05, 3.63) is 59.7 Å². The Labute approximate surface area is 182 Å². The van der Waals surface area contributed by atoms with Crippen molar-refractivity contribution in [2.24, 2.45) is 5.10 Å². The Morgan fingerprint density at radius 2 is 1.74 bits per heavy atom. The van der Waals surface area contributed by atoms with Crippen LogP contribution in [0.2, 0.25) is 0 Å². The summed E-state index contributed by atoms with van der Waals surface area (Å²) in [4.78, 5) is 12.4. The molecule has 1 saturated heterocycles. The molecule has 0 unspecified atom stereocenters. The van der Waals surface area contributed by atoms with Crippen LogP contribution in [0.15, 0.2) is 58.5 Å². The lowest BCUT2D eigenvalue weighted by atomic mass is 10.1. The van der Waals surface area contributed by atoms with Crippen molar-refractivity contribution < 1.29 is 22.7 Å². The van der Waals surface area contributed by atoms with Gasteiger partial charge in [0, 0.05) is 19.5 Å². The number of benzene rings is 2. The molecular formula is C22H27N3O5S. The highest BCUT2D eigenvalue weighted by Crippen LogP contribution is 2.18. The lowest BCUT2D eigenvalue weighted by Crippen LogP contribution is -2.40. The third kappa shape index (κ3) is 6.13. The van der Waals surface area contributed by atoms with Gasteiger partial charge in [-0.15, -0.1) is 0 Å². The molecule has 31 heavy (non-hydrogen) atoms. The zero-order valence-electron chi connectivity index (χ0n) is 17.7. The number of nitrogens with zero attached hydrogens (tertiary/aromatic N) is 2. The molecule has 1 aliphatic rings. The minimum atomic E-state index is -3.51. The number of nitrogens with one attached hydrogen (secondary N) is 1. The van der Waals surface area contributed by atoms with Gasteiger partial charge >= 0.3 is 0 Å². The van der Waals surface area contributed by atoms with Gasteiger partial charge in [0.2, 0.25) is 15.9 Å². The smallest absolute Gasteiger partial charge is 0.243 e. The van der Waals surface area contributed by atoms with E-state index in [1.165, 1.54) is 4.31 Å². The van der Waals surface area contributed by atoms with Crippen molar-refractivity contribution in [1.29, 1.82) is 0 Å². The van der Waals surface area contributed by atoms with E-state index < -0.39 is 10.0 Å². The summed E-state index contributed by atoms with van der Waals surface area (Å²) in [6.45, 7) is 3.36. The molecule has 0 radical (unpaired) electrons. The van der Waals surface area contributed by atoms with Crippen molar-refractivity contribution in [3.8, 4) is 5.75 Å². The molecule has 0 aliphatic carbocycles. The number of ether oxygens (including phenoxy) is 2. The third-order valence-corrected chi connectivity index (χ3v) is 6.94. The number of aryl methyl sites for hydroxylation is 1. The highest BCUT2D eigenvalue weighted by molar-refractivity contribution is 7.89. The van der Waals surface area contributed by atoms with E-state index in [-0.39, 0.29) is 17.2 Å². The molecule has 2 aromatic carbocycles. The third-order valence-electron chi connectivity index (χ3n) is 5.03. The number of carbonyl (C=O) groups excluding carboxylic acids is 1. The molecule has 0 spiro atoms. The standard InChI is InChI=1S/C22H27N3O5S/c1-17(19-6-8-20(29-2)9-7-19)23-24-22(26)12-5-18-3-10-21(11-4-18)31(27,28)25-13-15-30-16-14-25/h3-4,6-11H,5,12-16H2,1-2H3,(H,24,26)/b23-17-. The molecule has 0 bridgehead atoms. The fourth-order valence-electron chi connectivity index (χ4n) is 3.12. The van der Waals surface area contributed by atoms with E-state index >= 15 is 0 Å². The molecule has 1 heterocycles. The summed E-state index contributed by atoms with van der Waals surface area (Å²) in [5, 5.41) is 4.14. The predicted molar refractivity (Wildman–Crippen MR) is 118 cm³/mol. The van der Waals surface area contributed by atoms with Crippen LogP contribution < -0.4 is 10.2 Å². The molecule has 1 N–H and O–H groups in total. The van der Waals surface area contributed by atoms with Crippen LogP contribution in [0.4, 0.5) is 0 Å². The van der Waals surface area contributed by atoms with E-state index in [2.05, 4.69) is 10.5 Å². The second-order valence-electron chi connectivity index (χ2n) is 7.12. The molecule has 1 amide bonds. The second kappa shape index (κ2) is 10.5. The van der Waals surface area contributed by atoms with E-state index in [0.29, 0.717) is 38.4 Å². The van der Waals surface area contributed by atoms with Gasteiger partial charge in [0.25, 0.3) is 0 Å². The van der Waals surface area contributed by atoms with E-state index in [9.17, 15) is 13.2 Å². The van der Waals surface area contributed by atoms with Crippen molar-refractivity contribution in [1.82, 2.24) is 9.73 Å². The van der Waals surface area contributed by atoms with Crippen molar-refractivity contribution >= 4 is 21.6 Å². The maximum absolute atomic E-state index is 12.7. The zero-order valence-corrected chi connectivity index (χ0v) is 18.5. The van der Waals surface area contributed by atoms with Gasteiger partial charge < -0.3 is 9.47 Å². The topological polar surface area (TPSA) is 97.3 Å². The first-order valence-electron chi connectivity index (χ1n) is 10.0. The van der Waals surface area contributed by atoms with Crippen molar-refractivity contribution in [3.63, 3.8) is 0 Å². The highest BCUT2D eigenvalue weighted by atomic mass is 32.2. The van der Waals surface area contributed by atoms with E-state index in [1.54, 1.807) is 31.4 Å². The molecule has 1 fully saturated rings. The minimum absolute atomic E-state index is 0.210. The van der Waals surface area contributed by atoms with E-state index in [1.807, 2.05) is 31.2 Å². The average molecular weight is 446 g/mol. The van der Waals surface area contributed by atoms with Crippen LogP contribution in [-0.2, 0) is 26.0 Å². The van der Waals surface area contributed by atoms with Crippen molar-refractivity contribution in [2.45, 2.75) is 24.7 Å². The van der Waals surface area contributed by atoms with Crippen LogP contribution in [0.5, 0.6) is 5.75 Å². The van der Waals surface area contributed by atoms with Crippen LogP contribution in [0.3, 0.4) is 0 Å². The summed E-state index contributed by atoms with van der Waals surface area (Å²) in [6.07, 6.45) is 0.732. The Balaban J connectivity index is 1.51. The first-order valence-corrected chi connectivity index (χ1v) is 11.5. The lowest BCUT2D eigenvalue weighted by molar-refractivity contribution is -0.121. The molecule has 166 valence electrons. The molecule has 0 atom stereocenters. The van der Waals surface area contributed by atoms with Gasteiger partial charge in [0.1, 0.15) is 5.75 Å². The molecule has 3 rings (SSSR count). The van der Waals surface area contributed by atoms with Gasteiger partial charge in [0.05, 0.1) is 30.9 Å². The minimum Gasteiger partial charge on any atom is -0.497 e. The molecule has 8 nitrogen and oxygen atoms in total. The Kier molecular flexibility index (Phi) is 7.78. The second-order valence-corrected chi connectivity index (χ2v) is 9.06. The predicted octanol–water partition coefficient (Wildman–Crippen LogP) is 2.19. The number of hydrazone groups is 1. The van der Waals surface area contributed by atoms with Crippen LogP contribution in [0.1, 0.15) is 24.5 Å². The highest BCUT2D eigenvalue weighted by Gasteiger charge is 2.26. The van der Waals surface area contributed by atoms with Crippen molar-refractivity contribution in [2.75, 3.05) is 33.4 Å². The molecule has 0 saturated carbocycles. The van der Waals surface area contributed by atoms with E-state index in [4.69, 9.17) is 9.47 Å². The van der Waals surface area contributed by atoms with Crippen LogP contribution in [0, 0.1) is 0 Å². The van der Waals surface area contributed by atoms with Gasteiger partial charge in [0.15, 0.2) is 0 Å². The number of carbonyl (C=O) groups is 1. The van der Waals surface area contributed by atoms with Gasteiger partial charge in [-0.1, -0.05) is 12.1 Å². The normalized spacial score (nSPS) is 15.5. The monoisotopic (exact) mass is 445 g/mol. The zero-order chi connectivity index (χ0) is 22.3. The summed E-state index contributed by atoms with van der Waals surface area (Å²) >= 11 is 0. The van der Waals surface area contributed by atoms with Crippen LogP contribution in [-0.4, -0.2) is 57.8 Å². The molecule has 0 aromatic heterocycles. The lowest BCUT2D eigenvalue weighted by Gasteiger charge is -2.26. The van der Waals surface area contributed by atoms with Crippen LogP contribution in [0.25, 0.3) is 0 Å². The maximum Gasteiger partial charge on any atom is 0.243 e. The van der Waals surface area contributed by atoms with E-state index in [0.717, 1.165) is 16.9 Å². The number of hydrogen-bond acceptors (Lipinski definition) is 6. The number of rotatable bonds is 8. The molecule has 2 aromatic rings. The SMILES string of the molecule is COc1ccc(/C(C)=N\NC(=O)CCc2ccc(S(=O)(=O)N3CCOCC3)cc2)cc1. The summed E-state index contributed by atoms with van der Waals surface area (Å²) in [5.41, 5.74) is 5.02. The van der Waals surface area contributed by atoms with Gasteiger partial charge in [-0.2, -0.15) is 9.41 Å². The average Bonchev–Trinajstić information content (AvgIpc) is 2.82. The van der Waals surface area contributed by atoms with Crippen LogP contribution >= 0.6 is 0 Å². The molecular weight excluding hydrogens is 418 g/mol. The summed E-state index contributed by atoms with van der Waals surface area (Å²) in [7, 11) is -1.91. The first-order chi connectivity index (χ1) is 14.9. The Morgan fingerprint density at radius 3 is 2.35 bits per heavy atom. The molecule has 1 aliphatic heterocycles. The first kappa shape index (κ1) is 22.9. The largest absolute Gasteiger partial charge is 0.497 e. The summed E-state index contributed by atoms with van der Waals surface area (Å²) in [6, 6.07) is 14.1. The quantitative estimate of drug-likeness (QED) is 0.496. The number of methoxy groups -OCH3 is 1. The number of hydrogen-bond donors (Lipinski definition) is 1. The Bertz CT molecular complexity index is 1010. The van der Waals surface area contributed by atoms with Gasteiger partial charge in [-0.3, -0.25) is 4.79 Å². The molecule has 9 heteroatoms. The van der Waals surface area contributed by atoms with Gasteiger partial charge in [-0.05, 0) is 60.9 Å². The fourth-order valence-corrected chi connectivity index (χ4v) is 4.53. The van der Waals surface area contributed by atoms with Gasteiger partial charge in [-0.25, -0.2) is 13.8 Å².